The first-order valence-corrected chi connectivity index (χ1v) is 13.2. The van der Waals surface area contributed by atoms with Crippen LogP contribution in [0.5, 0.6) is 0 Å². The van der Waals surface area contributed by atoms with Gasteiger partial charge in [0.2, 0.25) is 11.8 Å². The highest BCUT2D eigenvalue weighted by Crippen LogP contribution is 2.20. The second-order valence-electron chi connectivity index (χ2n) is 9.58. The van der Waals surface area contributed by atoms with Gasteiger partial charge < -0.3 is 25.4 Å². The molecule has 0 aliphatic carbocycles. The van der Waals surface area contributed by atoms with Crippen LogP contribution in [-0.2, 0) is 30.4 Å². The van der Waals surface area contributed by atoms with Gasteiger partial charge in [-0.3, -0.25) is 19.7 Å². The number of halogens is 1. The highest BCUT2D eigenvalue weighted by Gasteiger charge is 2.37. The lowest BCUT2D eigenvalue weighted by Gasteiger charge is -2.29. The lowest BCUT2D eigenvalue weighted by atomic mass is 10.0. The SMILES string of the molecule is CCCOC(=O)N=C(N)c1ccc(CNC(=O)[C@@H]2CCCN2C(=O)[C@@H](CC(C)C)NCC(=O)OCC)cc1.Cl. The van der Waals surface area contributed by atoms with Crippen molar-refractivity contribution < 1.29 is 28.7 Å². The smallest absolute Gasteiger partial charge is 0.435 e. The summed E-state index contributed by atoms with van der Waals surface area (Å²) < 4.78 is 9.87. The van der Waals surface area contributed by atoms with Crippen LogP contribution in [0.3, 0.4) is 0 Å². The van der Waals surface area contributed by atoms with Crippen molar-refractivity contribution >= 4 is 42.1 Å². The van der Waals surface area contributed by atoms with Gasteiger partial charge in [-0.2, -0.15) is 4.99 Å². The number of rotatable bonds is 13. The molecule has 0 aromatic heterocycles. The first kappa shape index (κ1) is 33.8. The van der Waals surface area contributed by atoms with Crippen LogP contribution in [0.2, 0.25) is 0 Å². The fourth-order valence-electron chi connectivity index (χ4n) is 4.15. The number of hydrogen-bond acceptors (Lipinski definition) is 7. The monoisotopic (exact) mass is 567 g/mol. The van der Waals surface area contributed by atoms with Crippen molar-refractivity contribution in [3.05, 3.63) is 35.4 Å². The zero-order valence-corrected chi connectivity index (χ0v) is 24.1. The van der Waals surface area contributed by atoms with Crippen LogP contribution in [0.4, 0.5) is 4.79 Å². The lowest BCUT2D eigenvalue weighted by molar-refractivity contribution is -0.143. The Kier molecular flexibility index (Phi) is 15.1. The van der Waals surface area contributed by atoms with Crippen molar-refractivity contribution in [2.75, 3.05) is 26.3 Å². The van der Waals surface area contributed by atoms with E-state index in [0.29, 0.717) is 31.4 Å². The van der Waals surface area contributed by atoms with Crippen molar-refractivity contribution in [1.29, 1.82) is 0 Å². The maximum Gasteiger partial charge on any atom is 0.435 e. The molecule has 0 saturated carbocycles. The number of nitrogens with zero attached hydrogens (tertiary/aromatic N) is 2. The van der Waals surface area contributed by atoms with Crippen molar-refractivity contribution in [3.8, 4) is 0 Å². The Labute approximate surface area is 236 Å². The molecule has 12 heteroatoms. The number of esters is 1. The van der Waals surface area contributed by atoms with Gasteiger partial charge in [-0.25, -0.2) is 4.79 Å². The number of benzene rings is 1. The quantitative estimate of drug-likeness (QED) is 0.187. The standard InChI is InChI=1S/C27H41N5O6.ClH/c1-5-14-38-27(36)31-24(28)20-11-9-19(10-12-20)16-30-25(34)22-8-7-13-32(22)26(35)21(15-18(3)4)29-17-23(33)37-6-2;/h9-12,18,21-22,29H,5-8,13-17H2,1-4H3,(H,30,34)(H2,28,31,36);1H/t21-,22+;/m1./s1. The number of ether oxygens (including phenoxy) is 2. The molecule has 1 fully saturated rings. The number of aliphatic imine (C=N–C) groups is 1. The third-order valence-corrected chi connectivity index (χ3v) is 6.00. The predicted molar refractivity (Wildman–Crippen MR) is 151 cm³/mol. The van der Waals surface area contributed by atoms with Gasteiger partial charge in [-0.05, 0) is 44.1 Å². The molecular formula is C27H42ClN5O6. The number of nitrogens with one attached hydrogen (secondary N) is 2. The van der Waals surface area contributed by atoms with E-state index >= 15 is 0 Å². The molecule has 218 valence electrons. The van der Waals surface area contributed by atoms with E-state index in [1.807, 2.05) is 20.8 Å². The molecule has 0 unspecified atom stereocenters. The topological polar surface area (TPSA) is 152 Å². The molecule has 3 amide bonds. The molecule has 2 atom stereocenters. The number of carbonyl (C=O) groups is 4. The number of hydrogen-bond donors (Lipinski definition) is 3. The summed E-state index contributed by atoms with van der Waals surface area (Å²) in [5.74, 6) is -0.558. The average Bonchev–Trinajstić information content (AvgIpc) is 3.38. The molecule has 39 heavy (non-hydrogen) atoms. The van der Waals surface area contributed by atoms with E-state index in [0.717, 1.165) is 12.0 Å². The summed E-state index contributed by atoms with van der Waals surface area (Å²) in [5.41, 5.74) is 7.27. The minimum atomic E-state index is -0.733. The van der Waals surface area contributed by atoms with Gasteiger partial charge in [0.15, 0.2) is 0 Å². The Bertz CT molecular complexity index is 985. The molecule has 0 bridgehead atoms. The Morgan fingerprint density at radius 1 is 1.13 bits per heavy atom. The molecule has 1 saturated heterocycles. The molecule has 0 radical (unpaired) electrons. The number of likely N-dealkylation sites (tertiary alicyclic amines) is 1. The van der Waals surface area contributed by atoms with Crippen LogP contribution in [0.25, 0.3) is 0 Å². The van der Waals surface area contributed by atoms with E-state index in [1.54, 1.807) is 36.1 Å². The Morgan fingerprint density at radius 3 is 2.44 bits per heavy atom. The molecule has 1 aliphatic heterocycles. The van der Waals surface area contributed by atoms with Crippen LogP contribution in [0.15, 0.2) is 29.3 Å². The average molecular weight is 568 g/mol. The van der Waals surface area contributed by atoms with E-state index in [4.69, 9.17) is 15.2 Å². The van der Waals surface area contributed by atoms with E-state index in [2.05, 4.69) is 15.6 Å². The highest BCUT2D eigenvalue weighted by molar-refractivity contribution is 6.02. The molecule has 4 N–H and O–H groups in total. The second-order valence-corrected chi connectivity index (χ2v) is 9.58. The van der Waals surface area contributed by atoms with Crippen LogP contribution in [-0.4, -0.2) is 73.0 Å². The van der Waals surface area contributed by atoms with Crippen LogP contribution in [0, 0.1) is 5.92 Å². The largest absolute Gasteiger partial charge is 0.465 e. The summed E-state index contributed by atoms with van der Waals surface area (Å²) in [6.07, 6.45) is 1.80. The third-order valence-electron chi connectivity index (χ3n) is 6.00. The molecule has 1 aromatic carbocycles. The van der Waals surface area contributed by atoms with Gasteiger partial charge in [-0.15, -0.1) is 12.4 Å². The van der Waals surface area contributed by atoms with Crippen molar-refractivity contribution in [2.24, 2.45) is 16.6 Å². The van der Waals surface area contributed by atoms with E-state index in [-0.39, 0.29) is 62.3 Å². The summed E-state index contributed by atoms with van der Waals surface area (Å²) in [7, 11) is 0. The number of amidine groups is 1. The minimum Gasteiger partial charge on any atom is -0.465 e. The number of amides is 3. The molecule has 0 spiro atoms. The fourth-order valence-corrected chi connectivity index (χ4v) is 4.15. The van der Waals surface area contributed by atoms with Gasteiger partial charge in [-0.1, -0.05) is 45.0 Å². The van der Waals surface area contributed by atoms with E-state index in [1.165, 1.54) is 0 Å². The summed E-state index contributed by atoms with van der Waals surface area (Å²) in [4.78, 5) is 55.1. The third kappa shape index (κ3) is 11.2. The van der Waals surface area contributed by atoms with Crippen LogP contribution < -0.4 is 16.4 Å². The van der Waals surface area contributed by atoms with Gasteiger partial charge in [0.25, 0.3) is 0 Å². The summed E-state index contributed by atoms with van der Waals surface area (Å²) >= 11 is 0. The first-order valence-electron chi connectivity index (χ1n) is 13.2. The first-order chi connectivity index (χ1) is 18.2. The van der Waals surface area contributed by atoms with Gasteiger partial charge in [0, 0.05) is 18.7 Å². The van der Waals surface area contributed by atoms with Crippen LogP contribution in [0.1, 0.15) is 64.5 Å². The number of nitrogens with two attached hydrogens (primary N) is 1. The lowest BCUT2D eigenvalue weighted by Crippen LogP contribution is -2.53. The molecule has 1 aliphatic rings. The molecule has 11 nitrogen and oxygen atoms in total. The maximum absolute atomic E-state index is 13.4. The summed E-state index contributed by atoms with van der Waals surface area (Å²) in [6.45, 7) is 8.86. The van der Waals surface area contributed by atoms with Crippen LogP contribution >= 0.6 is 12.4 Å². The fraction of sp³-hybridized carbons (Fsp3) is 0.593. The highest BCUT2D eigenvalue weighted by atomic mass is 35.5. The molecular weight excluding hydrogens is 526 g/mol. The molecule has 2 rings (SSSR count). The van der Waals surface area contributed by atoms with Gasteiger partial charge in [0.1, 0.15) is 11.9 Å². The maximum atomic E-state index is 13.4. The minimum absolute atomic E-state index is 0. The zero-order chi connectivity index (χ0) is 28.1. The van der Waals surface area contributed by atoms with Crippen molar-refractivity contribution in [1.82, 2.24) is 15.5 Å². The summed E-state index contributed by atoms with van der Waals surface area (Å²) in [6, 6.07) is 5.84. The summed E-state index contributed by atoms with van der Waals surface area (Å²) in [5, 5.41) is 5.93. The Morgan fingerprint density at radius 2 is 1.82 bits per heavy atom. The Balaban J connectivity index is 0.00000760. The number of carbonyl (C=O) groups excluding carboxylic acids is 4. The van der Waals surface area contributed by atoms with E-state index < -0.39 is 24.1 Å². The normalized spacial score (nSPS) is 15.9. The molecule has 1 aromatic rings. The Hall–Kier alpha value is -3.18. The van der Waals surface area contributed by atoms with Crippen molar-refractivity contribution in [3.63, 3.8) is 0 Å². The zero-order valence-electron chi connectivity index (χ0n) is 23.2. The van der Waals surface area contributed by atoms with Crippen molar-refractivity contribution in [2.45, 2.75) is 72.0 Å². The van der Waals surface area contributed by atoms with Gasteiger partial charge >= 0.3 is 12.1 Å². The second kappa shape index (κ2) is 17.4. The predicted octanol–water partition coefficient (Wildman–Crippen LogP) is 2.53. The van der Waals surface area contributed by atoms with E-state index in [9.17, 15) is 19.2 Å². The molecule has 1 heterocycles. The van der Waals surface area contributed by atoms with Gasteiger partial charge in [0.05, 0.1) is 25.8 Å².